The molecule has 13 heavy (non-hydrogen) atoms. The van der Waals surface area contributed by atoms with Crippen molar-refractivity contribution in [3.8, 4) is 5.75 Å². The zero-order valence-corrected chi connectivity index (χ0v) is 8.13. The van der Waals surface area contributed by atoms with Crippen LogP contribution in [0.15, 0.2) is 18.2 Å². The highest BCUT2D eigenvalue weighted by molar-refractivity contribution is 5.44. The van der Waals surface area contributed by atoms with Crippen LogP contribution >= 0.6 is 0 Å². The van der Waals surface area contributed by atoms with Gasteiger partial charge in [0.2, 0.25) is 0 Å². The second-order valence-corrected chi connectivity index (χ2v) is 3.49. The Labute approximate surface area is 78.9 Å². The molecule has 0 saturated carbocycles. The van der Waals surface area contributed by atoms with Crippen LogP contribution in [0, 0.1) is 0 Å². The Bertz CT molecular complexity index is 309. The molecule has 0 aliphatic heterocycles. The first-order chi connectivity index (χ1) is 6.35. The summed E-state index contributed by atoms with van der Waals surface area (Å²) in [4.78, 5) is 0. The van der Waals surface area contributed by atoms with E-state index in [-0.39, 0.29) is 0 Å². The summed E-state index contributed by atoms with van der Waals surface area (Å²) in [5, 5.41) is 3.31. The van der Waals surface area contributed by atoms with E-state index in [4.69, 9.17) is 4.74 Å². The first-order valence-corrected chi connectivity index (χ1v) is 4.67. The zero-order chi connectivity index (χ0) is 9.26. The number of hydrogen-bond acceptors (Lipinski definition) is 2. The van der Waals surface area contributed by atoms with E-state index in [1.807, 2.05) is 13.1 Å². The molecule has 1 aliphatic rings. The maximum absolute atomic E-state index is 5.32. The molecule has 1 unspecified atom stereocenters. The standard InChI is InChI=1S/C11H15NO/c1-12-9-6-8-4-3-5-11(13-2)10(8)7-9/h3-5,9,12H,6-7H2,1-2H3. The molecule has 0 amide bonds. The van der Waals surface area contributed by atoms with Crippen molar-refractivity contribution in [3.05, 3.63) is 29.3 Å². The predicted octanol–water partition coefficient (Wildman–Crippen LogP) is 1.38. The molecule has 1 N–H and O–H groups in total. The van der Waals surface area contributed by atoms with E-state index < -0.39 is 0 Å². The van der Waals surface area contributed by atoms with Gasteiger partial charge in [0, 0.05) is 6.04 Å². The number of methoxy groups -OCH3 is 1. The lowest BCUT2D eigenvalue weighted by atomic mass is 10.1. The van der Waals surface area contributed by atoms with Crippen LogP contribution in [0.2, 0.25) is 0 Å². The van der Waals surface area contributed by atoms with Crippen molar-refractivity contribution in [1.29, 1.82) is 0 Å². The van der Waals surface area contributed by atoms with Gasteiger partial charge in [0.15, 0.2) is 0 Å². The molecule has 0 bridgehead atoms. The second-order valence-electron chi connectivity index (χ2n) is 3.49. The number of likely N-dealkylation sites (N-methyl/N-ethyl adjacent to an activating group) is 1. The first kappa shape index (κ1) is 8.57. The van der Waals surface area contributed by atoms with Gasteiger partial charge in [0.1, 0.15) is 5.75 Å². The van der Waals surface area contributed by atoms with E-state index in [2.05, 4.69) is 17.4 Å². The molecule has 0 fully saturated rings. The Morgan fingerprint density at radius 1 is 1.38 bits per heavy atom. The van der Waals surface area contributed by atoms with Crippen molar-refractivity contribution in [2.24, 2.45) is 0 Å². The minimum atomic E-state index is 0.589. The van der Waals surface area contributed by atoms with Gasteiger partial charge in [-0.05, 0) is 37.1 Å². The Balaban J connectivity index is 2.33. The van der Waals surface area contributed by atoms with Crippen LogP contribution in [-0.2, 0) is 12.8 Å². The van der Waals surface area contributed by atoms with E-state index in [0.29, 0.717) is 6.04 Å². The minimum absolute atomic E-state index is 0.589. The average Bonchev–Trinajstić information content (AvgIpc) is 2.59. The number of benzene rings is 1. The third kappa shape index (κ3) is 1.42. The van der Waals surface area contributed by atoms with Crippen LogP contribution in [0.25, 0.3) is 0 Å². The van der Waals surface area contributed by atoms with Gasteiger partial charge in [0.05, 0.1) is 7.11 Å². The number of ether oxygens (including phenoxy) is 1. The Morgan fingerprint density at radius 2 is 2.23 bits per heavy atom. The second kappa shape index (κ2) is 3.38. The summed E-state index contributed by atoms with van der Waals surface area (Å²) >= 11 is 0. The summed E-state index contributed by atoms with van der Waals surface area (Å²) in [5.74, 6) is 1.04. The minimum Gasteiger partial charge on any atom is -0.496 e. The number of rotatable bonds is 2. The molecule has 0 saturated heterocycles. The smallest absolute Gasteiger partial charge is 0.122 e. The fraction of sp³-hybridized carbons (Fsp3) is 0.455. The van der Waals surface area contributed by atoms with E-state index in [1.165, 1.54) is 11.1 Å². The van der Waals surface area contributed by atoms with Gasteiger partial charge in [-0.25, -0.2) is 0 Å². The molecule has 2 nitrogen and oxygen atoms in total. The lowest BCUT2D eigenvalue weighted by molar-refractivity contribution is 0.409. The number of hydrogen-bond donors (Lipinski definition) is 1. The summed E-state index contributed by atoms with van der Waals surface area (Å²) in [6, 6.07) is 6.88. The molecular formula is C11H15NO. The van der Waals surface area contributed by atoms with E-state index in [0.717, 1.165) is 18.6 Å². The highest BCUT2D eigenvalue weighted by Gasteiger charge is 2.22. The molecule has 0 aromatic heterocycles. The molecule has 70 valence electrons. The Morgan fingerprint density at radius 3 is 2.92 bits per heavy atom. The van der Waals surface area contributed by atoms with Crippen LogP contribution < -0.4 is 10.1 Å². The molecule has 2 rings (SSSR count). The molecule has 1 atom stereocenters. The van der Waals surface area contributed by atoms with Crippen molar-refractivity contribution in [1.82, 2.24) is 5.32 Å². The van der Waals surface area contributed by atoms with Crippen LogP contribution in [0.3, 0.4) is 0 Å². The van der Waals surface area contributed by atoms with Gasteiger partial charge in [-0.1, -0.05) is 12.1 Å². The quantitative estimate of drug-likeness (QED) is 0.737. The number of nitrogens with one attached hydrogen (secondary N) is 1. The van der Waals surface area contributed by atoms with Crippen LogP contribution in [0.1, 0.15) is 11.1 Å². The van der Waals surface area contributed by atoms with Gasteiger partial charge >= 0.3 is 0 Å². The lowest BCUT2D eigenvalue weighted by Crippen LogP contribution is -2.24. The summed E-state index contributed by atoms with van der Waals surface area (Å²) in [5.41, 5.74) is 2.81. The SMILES string of the molecule is CNC1Cc2cccc(OC)c2C1. The maximum atomic E-state index is 5.32. The van der Waals surface area contributed by atoms with Crippen molar-refractivity contribution in [2.45, 2.75) is 18.9 Å². The number of fused-ring (bicyclic) bond motifs is 1. The van der Waals surface area contributed by atoms with E-state index in [9.17, 15) is 0 Å². The van der Waals surface area contributed by atoms with Crippen molar-refractivity contribution >= 4 is 0 Å². The summed E-state index contributed by atoms with van der Waals surface area (Å²) in [6.07, 6.45) is 2.22. The monoisotopic (exact) mass is 177 g/mol. The maximum Gasteiger partial charge on any atom is 0.122 e. The molecule has 2 heteroatoms. The fourth-order valence-electron chi connectivity index (χ4n) is 2.01. The highest BCUT2D eigenvalue weighted by Crippen LogP contribution is 2.30. The normalized spacial score (nSPS) is 20.0. The van der Waals surface area contributed by atoms with Gasteiger partial charge in [-0.2, -0.15) is 0 Å². The predicted molar refractivity (Wildman–Crippen MR) is 53.2 cm³/mol. The Hall–Kier alpha value is -1.02. The van der Waals surface area contributed by atoms with Crippen molar-refractivity contribution in [3.63, 3.8) is 0 Å². The average molecular weight is 177 g/mol. The van der Waals surface area contributed by atoms with Crippen molar-refractivity contribution < 1.29 is 4.74 Å². The Kier molecular flexibility index (Phi) is 2.23. The van der Waals surface area contributed by atoms with Gasteiger partial charge < -0.3 is 10.1 Å². The van der Waals surface area contributed by atoms with E-state index in [1.54, 1.807) is 7.11 Å². The summed E-state index contributed by atoms with van der Waals surface area (Å²) in [6.45, 7) is 0. The van der Waals surface area contributed by atoms with Crippen LogP contribution in [0.5, 0.6) is 5.75 Å². The molecule has 0 radical (unpaired) electrons. The molecule has 0 heterocycles. The third-order valence-corrected chi connectivity index (χ3v) is 2.78. The summed E-state index contributed by atoms with van der Waals surface area (Å²) < 4.78 is 5.32. The van der Waals surface area contributed by atoms with Crippen molar-refractivity contribution in [2.75, 3.05) is 14.2 Å². The van der Waals surface area contributed by atoms with Crippen LogP contribution in [0.4, 0.5) is 0 Å². The largest absolute Gasteiger partial charge is 0.496 e. The molecule has 0 spiro atoms. The molecule has 1 aromatic rings. The molecule has 1 aromatic carbocycles. The van der Waals surface area contributed by atoms with Gasteiger partial charge in [0.25, 0.3) is 0 Å². The third-order valence-electron chi connectivity index (χ3n) is 2.78. The molecule has 1 aliphatic carbocycles. The van der Waals surface area contributed by atoms with Gasteiger partial charge in [-0.15, -0.1) is 0 Å². The van der Waals surface area contributed by atoms with Crippen LogP contribution in [-0.4, -0.2) is 20.2 Å². The first-order valence-electron chi connectivity index (χ1n) is 4.67. The van der Waals surface area contributed by atoms with Gasteiger partial charge in [-0.3, -0.25) is 0 Å². The topological polar surface area (TPSA) is 21.3 Å². The zero-order valence-electron chi connectivity index (χ0n) is 8.13. The summed E-state index contributed by atoms with van der Waals surface area (Å²) in [7, 11) is 3.76. The lowest BCUT2D eigenvalue weighted by Gasteiger charge is -2.06. The van der Waals surface area contributed by atoms with E-state index >= 15 is 0 Å². The highest BCUT2D eigenvalue weighted by atomic mass is 16.5. The fourth-order valence-corrected chi connectivity index (χ4v) is 2.01. The molecular weight excluding hydrogens is 162 g/mol.